The maximum atomic E-state index is 13.2. The van der Waals surface area contributed by atoms with E-state index in [0.717, 1.165) is 38.6 Å². The van der Waals surface area contributed by atoms with Crippen LogP contribution in [0.15, 0.2) is 24.3 Å². The fraction of sp³-hybridized carbons (Fsp3) is 0.391. The predicted molar refractivity (Wildman–Crippen MR) is 119 cm³/mol. The Hall–Kier alpha value is -2.80. The van der Waals surface area contributed by atoms with Gasteiger partial charge in [-0.15, -0.1) is 11.3 Å². The SMILES string of the molecule is CCc1ccc(C(=O)N2CCN(C(=O)c3sc4nc(C)nc(C)c4c3C)CC2)cc1. The molecule has 0 bridgehead atoms. The van der Waals surface area contributed by atoms with Crippen LogP contribution < -0.4 is 0 Å². The van der Waals surface area contributed by atoms with Crippen molar-refractivity contribution in [2.75, 3.05) is 26.2 Å². The van der Waals surface area contributed by atoms with Crippen LogP contribution in [0.4, 0.5) is 0 Å². The summed E-state index contributed by atoms with van der Waals surface area (Å²) in [6.45, 7) is 10.1. The van der Waals surface area contributed by atoms with Gasteiger partial charge in [-0.3, -0.25) is 9.59 Å². The largest absolute Gasteiger partial charge is 0.335 e. The highest BCUT2D eigenvalue weighted by Crippen LogP contribution is 2.32. The summed E-state index contributed by atoms with van der Waals surface area (Å²) in [6.07, 6.45) is 0.955. The summed E-state index contributed by atoms with van der Waals surface area (Å²) in [5, 5.41) is 0.985. The highest BCUT2D eigenvalue weighted by atomic mass is 32.1. The monoisotopic (exact) mass is 422 g/mol. The third-order valence-corrected chi connectivity index (χ3v) is 6.91. The molecule has 0 spiro atoms. The molecule has 0 aliphatic carbocycles. The van der Waals surface area contributed by atoms with Crippen LogP contribution in [0.25, 0.3) is 10.2 Å². The summed E-state index contributed by atoms with van der Waals surface area (Å²) >= 11 is 1.44. The molecule has 1 fully saturated rings. The van der Waals surface area contributed by atoms with Crippen LogP contribution in [0, 0.1) is 20.8 Å². The van der Waals surface area contributed by atoms with Gasteiger partial charge in [0.2, 0.25) is 0 Å². The molecule has 0 unspecified atom stereocenters. The van der Waals surface area contributed by atoms with Crippen molar-refractivity contribution in [3.05, 3.63) is 57.4 Å². The molecule has 3 aromatic rings. The molecule has 6 nitrogen and oxygen atoms in total. The zero-order valence-electron chi connectivity index (χ0n) is 17.9. The van der Waals surface area contributed by atoms with Crippen LogP contribution in [0.5, 0.6) is 0 Å². The molecule has 2 amide bonds. The van der Waals surface area contributed by atoms with Gasteiger partial charge in [-0.05, 0) is 50.5 Å². The normalized spacial score (nSPS) is 14.4. The lowest BCUT2D eigenvalue weighted by Gasteiger charge is -2.34. The third kappa shape index (κ3) is 3.69. The molecular weight excluding hydrogens is 396 g/mol. The number of aryl methyl sites for hydroxylation is 4. The Bertz CT molecular complexity index is 1110. The Morgan fingerprint density at radius 2 is 1.53 bits per heavy atom. The average Bonchev–Trinajstić information content (AvgIpc) is 3.09. The van der Waals surface area contributed by atoms with E-state index in [4.69, 9.17) is 0 Å². The van der Waals surface area contributed by atoms with E-state index < -0.39 is 0 Å². The number of carbonyl (C=O) groups excluding carboxylic acids is 2. The molecule has 1 aliphatic rings. The van der Waals surface area contributed by atoms with E-state index >= 15 is 0 Å². The van der Waals surface area contributed by atoms with Gasteiger partial charge in [-0.2, -0.15) is 0 Å². The number of carbonyl (C=O) groups is 2. The number of fused-ring (bicyclic) bond motifs is 1. The summed E-state index contributed by atoms with van der Waals surface area (Å²) in [5.41, 5.74) is 3.79. The van der Waals surface area contributed by atoms with Gasteiger partial charge in [-0.25, -0.2) is 9.97 Å². The highest BCUT2D eigenvalue weighted by Gasteiger charge is 2.28. The Balaban J connectivity index is 1.47. The summed E-state index contributed by atoms with van der Waals surface area (Å²) in [7, 11) is 0. The van der Waals surface area contributed by atoms with E-state index in [-0.39, 0.29) is 11.8 Å². The fourth-order valence-electron chi connectivity index (χ4n) is 4.00. The Kier molecular flexibility index (Phi) is 5.56. The van der Waals surface area contributed by atoms with Crippen molar-refractivity contribution in [3.8, 4) is 0 Å². The zero-order chi connectivity index (χ0) is 21.4. The fourth-order valence-corrected chi connectivity index (χ4v) is 5.24. The third-order valence-electron chi connectivity index (χ3n) is 5.74. The van der Waals surface area contributed by atoms with Crippen molar-refractivity contribution in [2.24, 2.45) is 0 Å². The first kappa shape index (κ1) is 20.5. The van der Waals surface area contributed by atoms with E-state index in [2.05, 4.69) is 16.9 Å². The van der Waals surface area contributed by atoms with Crippen molar-refractivity contribution in [1.82, 2.24) is 19.8 Å². The molecule has 3 heterocycles. The average molecular weight is 423 g/mol. The Morgan fingerprint density at radius 1 is 0.933 bits per heavy atom. The van der Waals surface area contributed by atoms with Gasteiger partial charge >= 0.3 is 0 Å². The Morgan fingerprint density at radius 3 is 2.13 bits per heavy atom. The molecule has 30 heavy (non-hydrogen) atoms. The van der Waals surface area contributed by atoms with Crippen molar-refractivity contribution in [2.45, 2.75) is 34.1 Å². The van der Waals surface area contributed by atoms with Crippen molar-refractivity contribution < 1.29 is 9.59 Å². The molecule has 2 aromatic heterocycles. The summed E-state index contributed by atoms with van der Waals surface area (Å²) in [6, 6.07) is 7.79. The maximum Gasteiger partial charge on any atom is 0.264 e. The van der Waals surface area contributed by atoms with Crippen molar-refractivity contribution in [3.63, 3.8) is 0 Å². The first-order valence-electron chi connectivity index (χ1n) is 10.3. The van der Waals surface area contributed by atoms with Gasteiger partial charge in [0.15, 0.2) is 0 Å². The number of aromatic nitrogens is 2. The molecule has 0 saturated carbocycles. The van der Waals surface area contributed by atoms with Crippen LogP contribution >= 0.6 is 11.3 Å². The molecule has 7 heteroatoms. The number of piperazine rings is 1. The summed E-state index contributed by atoms with van der Waals surface area (Å²) < 4.78 is 0. The number of thiophene rings is 1. The van der Waals surface area contributed by atoms with Gasteiger partial charge in [-0.1, -0.05) is 19.1 Å². The number of nitrogens with zero attached hydrogens (tertiary/aromatic N) is 4. The van der Waals surface area contributed by atoms with Crippen LogP contribution in [-0.4, -0.2) is 57.8 Å². The second-order valence-corrected chi connectivity index (χ2v) is 8.73. The first-order chi connectivity index (χ1) is 14.4. The topological polar surface area (TPSA) is 66.4 Å². The van der Waals surface area contributed by atoms with E-state index in [1.165, 1.54) is 16.9 Å². The van der Waals surface area contributed by atoms with Crippen LogP contribution in [0.2, 0.25) is 0 Å². The first-order valence-corrected chi connectivity index (χ1v) is 11.1. The van der Waals surface area contributed by atoms with Crippen LogP contribution in [0.1, 0.15) is 49.6 Å². The van der Waals surface area contributed by atoms with E-state index in [9.17, 15) is 9.59 Å². The second-order valence-electron chi connectivity index (χ2n) is 7.73. The smallest absolute Gasteiger partial charge is 0.264 e. The molecular formula is C23H26N4O2S. The number of amides is 2. The van der Waals surface area contributed by atoms with Crippen molar-refractivity contribution >= 4 is 33.4 Å². The molecule has 4 rings (SSSR count). The predicted octanol–water partition coefficient (Wildman–Crippen LogP) is 3.78. The number of hydrogen-bond donors (Lipinski definition) is 0. The standard InChI is InChI=1S/C23H26N4O2S/c1-5-17-6-8-18(9-7-17)22(28)26-10-12-27(13-11-26)23(29)20-14(2)19-15(3)24-16(4)25-21(19)30-20/h6-9H,5,10-13H2,1-4H3. The molecule has 156 valence electrons. The zero-order valence-corrected chi connectivity index (χ0v) is 18.7. The van der Waals surface area contributed by atoms with Gasteiger partial charge in [0, 0.05) is 42.8 Å². The molecule has 1 saturated heterocycles. The maximum absolute atomic E-state index is 13.2. The minimum absolute atomic E-state index is 0.0203. The van der Waals surface area contributed by atoms with Crippen LogP contribution in [-0.2, 0) is 6.42 Å². The van der Waals surface area contributed by atoms with Gasteiger partial charge in [0.05, 0.1) is 4.88 Å². The second kappa shape index (κ2) is 8.14. The number of hydrogen-bond acceptors (Lipinski definition) is 5. The van der Waals surface area contributed by atoms with E-state index in [1.54, 1.807) is 0 Å². The highest BCUT2D eigenvalue weighted by molar-refractivity contribution is 7.20. The summed E-state index contributed by atoms with van der Waals surface area (Å²) in [4.78, 5) is 40.2. The van der Waals surface area contributed by atoms with E-state index in [1.807, 2.05) is 54.8 Å². The van der Waals surface area contributed by atoms with Crippen molar-refractivity contribution in [1.29, 1.82) is 0 Å². The lowest BCUT2D eigenvalue weighted by atomic mass is 10.1. The van der Waals surface area contributed by atoms with Crippen LogP contribution in [0.3, 0.4) is 0 Å². The molecule has 0 atom stereocenters. The number of benzene rings is 1. The minimum atomic E-state index is 0.0203. The van der Waals surface area contributed by atoms with Gasteiger partial charge < -0.3 is 9.80 Å². The molecule has 1 aromatic carbocycles. The summed E-state index contributed by atoms with van der Waals surface area (Å²) in [5.74, 6) is 0.774. The number of rotatable bonds is 3. The Labute approximate surface area is 180 Å². The molecule has 1 aliphatic heterocycles. The van der Waals surface area contributed by atoms with E-state index in [0.29, 0.717) is 31.7 Å². The quantitative estimate of drug-likeness (QED) is 0.644. The lowest BCUT2D eigenvalue weighted by Crippen LogP contribution is -2.50. The lowest BCUT2D eigenvalue weighted by molar-refractivity contribution is 0.0538. The van der Waals surface area contributed by atoms with Gasteiger partial charge in [0.1, 0.15) is 10.7 Å². The molecule has 0 N–H and O–H groups in total. The minimum Gasteiger partial charge on any atom is -0.335 e. The molecule has 0 radical (unpaired) electrons. The van der Waals surface area contributed by atoms with Gasteiger partial charge in [0.25, 0.3) is 11.8 Å².